The quantitative estimate of drug-likeness (QED) is 0.663. The average Bonchev–Trinajstić information content (AvgIpc) is 3.47. The van der Waals surface area contributed by atoms with Crippen molar-refractivity contribution in [3.05, 3.63) is 52.3 Å². The number of carbonyl (C=O) groups is 2. The van der Waals surface area contributed by atoms with Crippen LogP contribution >= 0.6 is 15.9 Å². The molecule has 2 aromatic rings. The molecule has 1 aliphatic carbocycles. The number of hydrogen-bond acceptors (Lipinski definition) is 4. The largest absolute Gasteiger partial charge is 0.326 e. The second-order valence-electron chi connectivity index (χ2n) is 7.55. The first-order valence-corrected chi connectivity index (χ1v) is 12.1. The number of fused-ring (bicyclic) bond motifs is 1. The fraction of sp³-hybridized carbons (Fsp3) is 0.333. The molecule has 0 aromatic heterocycles. The molecule has 1 fully saturated rings. The molecule has 0 radical (unpaired) electrons. The van der Waals surface area contributed by atoms with E-state index in [9.17, 15) is 22.4 Å². The Morgan fingerprint density at radius 1 is 1.17 bits per heavy atom. The summed E-state index contributed by atoms with van der Waals surface area (Å²) in [6.45, 7) is 0.467. The van der Waals surface area contributed by atoms with Crippen molar-refractivity contribution in [2.45, 2.75) is 30.6 Å². The number of carbonyl (C=O) groups excluding carboxylic acids is 2. The van der Waals surface area contributed by atoms with Gasteiger partial charge in [-0.3, -0.25) is 9.59 Å². The van der Waals surface area contributed by atoms with Gasteiger partial charge in [-0.1, -0.05) is 15.9 Å². The monoisotopic (exact) mass is 494 g/mol. The van der Waals surface area contributed by atoms with Crippen LogP contribution in [-0.4, -0.2) is 32.5 Å². The number of rotatable bonds is 6. The third kappa shape index (κ3) is 4.41. The number of halogens is 2. The van der Waals surface area contributed by atoms with Gasteiger partial charge in [0.25, 0.3) is 0 Å². The number of nitrogens with one attached hydrogen (secondary N) is 1. The molecule has 2 aromatic carbocycles. The van der Waals surface area contributed by atoms with Gasteiger partial charge in [-0.15, -0.1) is 0 Å². The van der Waals surface area contributed by atoms with Crippen molar-refractivity contribution in [1.29, 1.82) is 0 Å². The van der Waals surface area contributed by atoms with Gasteiger partial charge in [0.1, 0.15) is 5.82 Å². The minimum absolute atomic E-state index is 0.0170. The summed E-state index contributed by atoms with van der Waals surface area (Å²) in [6.07, 6.45) is 2.03. The molecule has 2 amide bonds. The molecular formula is C21H20BrFN2O4S. The van der Waals surface area contributed by atoms with Gasteiger partial charge in [0, 0.05) is 29.0 Å². The summed E-state index contributed by atoms with van der Waals surface area (Å²) in [5, 5.41) is 2.56. The molecule has 1 N–H and O–H groups in total. The van der Waals surface area contributed by atoms with Gasteiger partial charge in [0.2, 0.25) is 11.8 Å². The highest BCUT2D eigenvalue weighted by Crippen LogP contribution is 2.41. The van der Waals surface area contributed by atoms with Crippen LogP contribution < -0.4 is 10.2 Å². The number of anilines is 2. The van der Waals surface area contributed by atoms with Crippen molar-refractivity contribution < 1.29 is 22.4 Å². The van der Waals surface area contributed by atoms with Crippen molar-refractivity contribution in [2.75, 3.05) is 22.5 Å². The first-order chi connectivity index (χ1) is 14.2. The van der Waals surface area contributed by atoms with Crippen LogP contribution in [0, 0.1) is 11.7 Å². The first kappa shape index (κ1) is 21.0. The highest BCUT2D eigenvalue weighted by molar-refractivity contribution is 9.10. The standard InChI is InChI=1S/C21H20BrFN2O4S/c22-15-11-14-7-9-25(21(27)13-1-2-13)20(14)18(12-15)30(28,29)10-8-19(26)24-17-5-3-16(23)4-6-17/h3-6,11-13H,1-2,7-10H2,(H,24,26). The third-order valence-corrected chi connectivity index (χ3v) is 7.43. The van der Waals surface area contributed by atoms with Gasteiger partial charge in [0.05, 0.1) is 16.3 Å². The summed E-state index contributed by atoms with van der Waals surface area (Å²) >= 11 is 3.36. The average molecular weight is 495 g/mol. The van der Waals surface area contributed by atoms with E-state index < -0.39 is 27.3 Å². The van der Waals surface area contributed by atoms with Crippen LogP contribution in [0.1, 0.15) is 24.8 Å². The summed E-state index contributed by atoms with van der Waals surface area (Å²) in [5.41, 5.74) is 1.66. The van der Waals surface area contributed by atoms with Crippen LogP contribution in [0.2, 0.25) is 0 Å². The van der Waals surface area contributed by atoms with E-state index in [2.05, 4.69) is 21.2 Å². The van der Waals surface area contributed by atoms with Crippen molar-refractivity contribution in [3.8, 4) is 0 Å². The number of benzene rings is 2. The summed E-state index contributed by atoms with van der Waals surface area (Å²) < 4.78 is 39.8. The molecule has 0 unspecified atom stereocenters. The number of amides is 2. The molecule has 9 heteroatoms. The molecule has 0 saturated heterocycles. The lowest BCUT2D eigenvalue weighted by Crippen LogP contribution is -2.31. The molecule has 0 spiro atoms. The van der Waals surface area contributed by atoms with Crippen LogP contribution in [0.3, 0.4) is 0 Å². The molecule has 6 nitrogen and oxygen atoms in total. The van der Waals surface area contributed by atoms with Crippen LogP contribution in [0.15, 0.2) is 45.8 Å². The molecule has 158 valence electrons. The van der Waals surface area contributed by atoms with Crippen molar-refractivity contribution in [2.24, 2.45) is 5.92 Å². The normalized spacial score (nSPS) is 15.7. The zero-order valence-electron chi connectivity index (χ0n) is 16.0. The maximum absolute atomic E-state index is 13.1. The van der Waals surface area contributed by atoms with E-state index in [1.54, 1.807) is 4.90 Å². The van der Waals surface area contributed by atoms with E-state index in [0.29, 0.717) is 28.8 Å². The molecule has 4 rings (SSSR count). The Balaban J connectivity index is 1.53. The van der Waals surface area contributed by atoms with Crippen LogP contribution in [-0.2, 0) is 25.8 Å². The smallest absolute Gasteiger partial charge is 0.230 e. The van der Waals surface area contributed by atoms with E-state index >= 15 is 0 Å². The molecule has 1 saturated carbocycles. The van der Waals surface area contributed by atoms with E-state index in [-0.39, 0.29) is 23.1 Å². The summed E-state index contributed by atoms with van der Waals surface area (Å²) in [6, 6.07) is 8.58. The zero-order chi connectivity index (χ0) is 21.5. The predicted octanol–water partition coefficient (Wildman–Crippen LogP) is 3.69. The Kier molecular flexibility index (Phi) is 5.67. The van der Waals surface area contributed by atoms with Gasteiger partial charge in [-0.05, 0) is 61.2 Å². The molecule has 30 heavy (non-hydrogen) atoms. The molecule has 0 atom stereocenters. The molecule has 0 bridgehead atoms. The Hall–Kier alpha value is -2.26. The molecule has 1 heterocycles. The highest BCUT2D eigenvalue weighted by Gasteiger charge is 2.39. The van der Waals surface area contributed by atoms with Crippen LogP contribution in [0.5, 0.6) is 0 Å². The van der Waals surface area contributed by atoms with E-state index in [1.165, 1.54) is 30.3 Å². The lowest BCUT2D eigenvalue weighted by atomic mass is 10.2. The van der Waals surface area contributed by atoms with Gasteiger partial charge in [0.15, 0.2) is 9.84 Å². The van der Waals surface area contributed by atoms with E-state index in [4.69, 9.17) is 0 Å². The van der Waals surface area contributed by atoms with Crippen molar-refractivity contribution >= 4 is 49.0 Å². The van der Waals surface area contributed by atoms with Crippen LogP contribution in [0.4, 0.5) is 15.8 Å². The topological polar surface area (TPSA) is 83.6 Å². The van der Waals surface area contributed by atoms with Gasteiger partial charge < -0.3 is 10.2 Å². The predicted molar refractivity (Wildman–Crippen MR) is 115 cm³/mol. The lowest BCUT2D eigenvalue weighted by Gasteiger charge is -2.20. The number of nitrogens with zero attached hydrogens (tertiary/aromatic N) is 1. The number of sulfone groups is 1. The van der Waals surface area contributed by atoms with Gasteiger partial charge >= 0.3 is 0 Å². The van der Waals surface area contributed by atoms with Gasteiger partial charge in [-0.2, -0.15) is 0 Å². The van der Waals surface area contributed by atoms with Gasteiger partial charge in [-0.25, -0.2) is 12.8 Å². The first-order valence-electron chi connectivity index (χ1n) is 9.66. The van der Waals surface area contributed by atoms with E-state index in [0.717, 1.165) is 18.4 Å². The Labute approximate surface area is 182 Å². The Morgan fingerprint density at radius 3 is 2.53 bits per heavy atom. The molecular weight excluding hydrogens is 475 g/mol. The molecule has 2 aliphatic rings. The third-order valence-electron chi connectivity index (χ3n) is 5.25. The lowest BCUT2D eigenvalue weighted by molar-refractivity contribution is -0.119. The summed E-state index contributed by atoms with van der Waals surface area (Å²) in [4.78, 5) is 26.5. The second kappa shape index (κ2) is 8.11. The van der Waals surface area contributed by atoms with Crippen molar-refractivity contribution in [1.82, 2.24) is 0 Å². The number of hydrogen-bond donors (Lipinski definition) is 1. The summed E-state index contributed by atoms with van der Waals surface area (Å²) in [5.74, 6) is -1.35. The van der Waals surface area contributed by atoms with Crippen LogP contribution in [0.25, 0.3) is 0 Å². The Morgan fingerprint density at radius 2 is 1.87 bits per heavy atom. The second-order valence-corrected chi connectivity index (χ2v) is 10.5. The summed E-state index contributed by atoms with van der Waals surface area (Å²) in [7, 11) is -3.82. The Bertz CT molecular complexity index is 1110. The van der Waals surface area contributed by atoms with Crippen molar-refractivity contribution in [3.63, 3.8) is 0 Å². The SMILES string of the molecule is O=C(CCS(=O)(=O)c1cc(Br)cc2c1N(C(=O)C1CC1)CC2)Nc1ccc(F)cc1. The maximum atomic E-state index is 13.1. The minimum atomic E-state index is -3.82. The highest BCUT2D eigenvalue weighted by atomic mass is 79.9. The minimum Gasteiger partial charge on any atom is -0.326 e. The molecule has 1 aliphatic heterocycles. The van der Waals surface area contributed by atoms with E-state index in [1.807, 2.05) is 6.07 Å². The fourth-order valence-corrected chi connectivity index (χ4v) is 5.74. The fourth-order valence-electron chi connectivity index (χ4n) is 3.57. The zero-order valence-corrected chi connectivity index (χ0v) is 18.4. The maximum Gasteiger partial charge on any atom is 0.230 e.